The summed E-state index contributed by atoms with van der Waals surface area (Å²) in [5, 5.41) is 6.82. The highest BCUT2D eigenvalue weighted by atomic mass is 15.3. The fourth-order valence-corrected chi connectivity index (χ4v) is 10.8. The second-order valence-electron chi connectivity index (χ2n) is 17.1. The maximum atomic E-state index is 5.47. The Morgan fingerprint density at radius 2 is 0.716 bits per heavy atom. The molecule has 0 aliphatic carbocycles. The maximum absolute atomic E-state index is 5.47. The summed E-state index contributed by atoms with van der Waals surface area (Å²) in [6.45, 7) is 0. The lowest BCUT2D eigenvalue weighted by atomic mass is 10.1. The number of hydrogen-bond acceptors (Lipinski definition) is 4. The van der Waals surface area contributed by atoms with Gasteiger partial charge in [0.05, 0.1) is 60.9 Å². The third-order valence-corrected chi connectivity index (χ3v) is 13.6. The lowest BCUT2D eigenvalue weighted by Gasteiger charge is -2.16. The van der Waals surface area contributed by atoms with E-state index in [0.717, 1.165) is 110 Å². The van der Waals surface area contributed by atoms with Gasteiger partial charge in [0.15, 0.2) is 5.82 Å². The summed E-state index contributed by atoms with van der Waals surface area (Å²) in [6, 6.07) is 74.8. The third kappa shape index (κ3) is 5.02. The summed E-state index contributed by atoms with van der Waals surface area (Å²) >= 11 is 0. The summed E-state index contributed by atoms with van der Waals surface area (Å²) in [7, 11) is 0. The van der Waals surface area contributed by atoms with Crippen LogP contribution in [0.1, 0.15) is 0 Å². The molecule has 9 aromatic carbocycles. The van der Waals surface area contributed by atoms with E-state index < -0.39 is 0 Å². The summed E-state index contributed by atoms with van der Waals surface area (Å²) in [5.41, 5.74) is 13.4. The zero-order chi connectivity index (χ0) is 43.7. The van der Waals surface area contributed by atoms with E-state index in [-0.39, 0.29) is 0 Å². The molecular weight excluding hydrogens is 823 g/mol. The Hall–Kier alpha value is -9.34. The van der Waals surface area contributed by atoms with Crippen LogP contribution in [-0.4, -0.2) is 42.6 Å². The molecule has 0 amide bonds. The first kappa shape index (κ1) is 36.0. The van der Waals surface area contributed by atoms with Crippen LogP contribution in [0.3, 0.4) is 0 Å². The van der Waals surface area contributed by atoms with Gasteiger partial charge in [0, 0.05) is 43.6 Å². The van der Waals surface area contributed by atoms with Gasteiger partial charge in [0.25, 0.3) is 0 Å². The second-order valence-corrected chi connectivity index (χ2v) is 17.1. The Kier molecular flexibility index (Phi) is 7.31. The monoisotopic (exact) mass is 857 g/mol. The zero-order valence-corrected chi connectivity index (χ0v) is 35.7. The van der Waals surface area contributed by atoms with Gasteiger partial charge in [-0.1, -0.05) is 127 Å². The molecule has 0 unspecified atom stereocenters. The molecule has 9 nitrogen and oxygen atoms in total. The van der Waals surface area contributed by atoms with Crippen molar-refractivity contribution in [3.8, 4) is 34.7 Å². The lowest BCUT2D eigenvalue weighted by molar-refractivity contribution is 0.892. The Morgan fingerprint density at radius 1 is 0.284 bits per heavy atom. The first-order valence-electron chi connectivity index (χ1n) is 22.5. The van der Waals surface area contributed by atoms with Crippen molar-refractivity contribution >= 4 is 93.3 Å². The van der Waals surface area contributed by atoms with Crippen LogP contribution in [0.15, 0.2) is 212 Å². The first-order valence-corrected chi connectivity index (χ1v) is 22.5. The van der Waals surface area contributed by atoms with Gasteiger partial charge in [-0.2, -0.15) is 15.0 Å². The number of imidazole rings is 2. The van der Waals surface area contributed by atoms with Gasteiger partial charge in [0.1, 0.15) is 0 Å². The molecule has 0 saturated heterocycles. The fraction of sp³-hybridized carbons (Fsp3) is 0. The number of fused-ring (bicyclic) bond motifs is 14. The number of nitrogens with zero attached hydrogens (tertiary/aromatic N) is 9. The topological polar surface area (TPSA) is 75.7 Å². The largest absolute Gasteiger partial charge is 0.308 e. The minimum Gasteiger partial charge on any atom is -0.308 e. The van der Waals surface area contributed by atoms with Gasteiger partial charge < -0.3 is 4.57 Å². The van der Waals surface area contributed by atoms with Crippen molar-refractivity contribution in [1.82, 2.24) is 42.6 Å². The highest BCUT2D eigenvalue weighted by Crippen LogP contribution is 2.40. The predicted molar refractivity (Wildman–Crippen MR) is 271 cm³/mol. The van der Waals surface area contributed by atoms with Crippen molar-refractivity contribution in [1.29, 1.82) is 0 Å². The van der Waals surface area contributed by atoms with Gasteiger partial charge in [-0.15, -0.1) is 0 Å². The minimum absolute atomic E-state index is 0.540. The molecule has 0 aliphatic rings. The summed E-state index contributed by atoms with van der Waals surface area (Å²) in [4.78, 5) is 21.5. The number of aromatic nitrogens is 9. The highest BCUT2D eigenvalue weighted by Gasteiger charge is 2.24. The van der Waals surface area contributed by atoms with E-state index >= 15 is 0 Å². The average Bonchev–Trinajstić information content (AvgIpc) is 4.18. The van der Waals surface area contributed by atoms with Gasteiger partial charge in [0.2, 0.25) is 17.7 Å². The van der Waals surface area contributed by atoms with Crippen LogP contribution >= 0.6 is 0 Å². The molecule has 0 bridgehead atoms. The highest BCUT2D eigenvalue weighted by molar-refractivity contribution is 6.12. The Balaban J connectivity index is 0.998. The average molecular weight is 858 g/mol. The molecule has 0 atom stereocenters. The van der Waals surface area contributed by atoms with Crippen molar-refractivity contribution < 1.29 is 0 Å². The molecule has 6 aromatic heterocycles. The Bertz CT molecular complexity index is 4300. The van der Waals surface area contributed by atoms with E-state index in [9.17, 15) is 0 Å². The molecule has 67 heavy (non-hydrogen) atoms. The Labute approximate surface area is 381 Å². The van der Waals surface area contributed by atoms with Crippen LogP contribution in [-0.2, 0) is 0 Å². The van der Waals surface area contributed by atoms with Gasteiger partial charge in [-0.05, 0) is 84.9 Å². The molecule has 15 rings (SSSR count). The molecule has 0 fully saturated rings. The normalized spacial score (nSPS) is 12.2. The van der Waals surface area contributed by atoms with Crippen molar-refractivity contribution in [2.75, 3.05) is 0 Å². The van der Waals surface area contributed by atoms with E-state index in [2.05, 4.69) is 229 Å². The smallest absolute Gasteiger partial charge is 0.240 e. The van der Waals surface area contributed by atoms with Crippen LogP contribution in [0.25, 0.3) is 128 Å². The van der Waals surface area contributed by atoms with Crippen LogP contribution in [0, 0.1) is 0 Å². The standard InChI is InChI=1S/C58H35N9/c1-9-25-46-37(17-1)38-18-2-10-26-47(38)65(46)56-60-55(61-57(62-56)66-48-27-11-3-19-39(48)40-20-4-12-28-49(40)66)42-22-6-13-29-50(42)64-45-24-8-5-21-41(45)43-35-36(33-34-51(43)64)63-53-31-15-16-32-54(53)67-52-30-14-7-23-44(52)59-58(63)67/h1-35H. The van der Waals surface area contributed by atoms with E-state index in [0.29, 0.717) is 17.7 Å². The molecule has 0 N–H and O–H groups in total. The number of hydrogen-bond donors (Lipinski definition) is 0. The van der Waals surface area contributed by atoms with Gasteiger partial charge in [-0.25, -0.2) is 4.98 Å². The van der Waals surface area contributed by atoms with E-state index in [4.69, 9.17) is 19.9 Å². The molecule has 312 valence electrons. The van der Waals surface area contributed by atoms with Crippen molar-refractivity contribution in [2.24, 2.45) is 0 Å². The number of para-hydroxylation sites is 10. The van der Waals surface area contributed by atoms with Crippen LogP contribution in [0.5, 0.6) is 0 Å². The molecule has 0 saturated carbocycles. The maximum Gasteiger partial charge on any atom is 0.240 e. The van der Waals surface area contributed by atoms with E-state index in [1.165, 1.54) is 0 Å². The third-order valence-electron chi connectivity index (χ3n) is 13.6. The lowest BCUT2D eigenvalue weighted by Crippen LogP contribution is -2.11. The molecule has 6 heterocycles. The van der Waals surface area contributed by atoms with Crippen LogP contribution < -0.4 is 0 Å². The minimum atomic E-state index is 0.540. The van der Waals surface area contributed by atoms with Crippen LogP contribution in [0.4, 0.5) is 0 Å². The van der Waals surface area contributed by atoms with Crippen molar-refractivity contribution in [3.63, 3.8) is 0 Å². The number of rotatable bonds is 5. The quantitative estimate of drug-likeness (QED) is 0.173. The SMILES string of the molecule is c1ccc(-n2c3ccccc3c3cc(-n4c5ccccc5n5c6ccccc6nc45)ccc32)c(-c2nc(-n3c4ccccc4c4ccccc43)nc(-n3c4ccccc4c4ccccc43)n2)c1. The van der Waals surface area contributed by atoms with Gasteiger partial charge >= 0.3 is 0 Å². The predicted octanol–water partition coefficient (Wildman–Crippen LogP) is 13.6. The van der Waals surface area contributed by atoms with Gasteiger partial charge in [-0.3, -0.25) is 18.1 Å². The molecule has 15 aromatic rings. The van der Waals surface area contributed by atoms with E-state index in [1.54, 1.807) is 0 Å². The number of benzene rings is 9. The molecular formula is C58H35N9. The summed E-state index contributed by atoms with van der Waals surface area (Å²) in [6.07, 6.45) is 0. The second kappa shape index (κ2) is 13.6. The molecule has 0 spiro atoms. The first-order chi connectivity index (χ1) is 33.3. The molecule has 0 aliphatic heterocycles. The summed E-state index contributed by atoms with van der Waals surface area (Å²) < 4.78 is 11.3. The molecule has 0 radical (unpaired) electrons. The zero-order valence-electron chi connectivity index (χ0n) is 35.7. The molecule has 9 heteroatoms. The van der Waals surface area contributed by atoms with Crippen molar-refractivity contribution in [3.05, 3.63) is 212 Å². The van der Waals surface area contributed by atoms with Crippen molar-refractivity contribution in [2.45, 2.75) is 0 Å². The van der Waals surface area contributed by atoms with E-state index in [1.807, 2.05) is 6.07 Å². The fourth-order valence-electron chi connectivity index (χ4n) is 10.8. The Morgan fingerprint density at radius 3 is 1.30 bits per heavy atom. The summed E-state index contributed by atoms with van der Waals surface area (Å²) in [5.74, 6) is 2.52. The van der Waals surface area contributed by atoms with Crippen LogP contribution in [0.2, 0.25) is 0 Å².